The van der Waals surface area contributed by atoms with Crippen LogP contribution in [-0.4, -0.2) is 34.9 Å². The Bertz CT molecular complexity index is 1140. The minimum atomic E-state index is -0.691. The van der Waals surface area contributed by atoms with Crippen LogP contribution in [0.15, 0.2) is 72.8 Å². The first kappa shape index (κ1) is 27.0. The van der Waals surface area contributed by atoms with Crippen LogP contribution in [0.25, 0.3) is 0 Å². The van der Waals surface area contributed by atoms with Crippen molar-refractivity contribution in [2.75, 3.05) is 6.61 Å². The van der Waals surface area contributed by atoms with Crippen molar-refractivity contribution in [2.24, 2.45) is 0 Å². The first-order chi connectivity index (χ1) is 17.0. The fourth-order valence-corrected chi connectivity index (χ4v) is 4.14. The van der Waals surface area contributed by atoms with Crippen LogP contribution < -0.4 is 10.1 Å². The number of nitrogens with zero attached hydrogens (tertiary/aromatic N) is 1. The molecule has 0 aromatic heterocycles. The highest BCUT2D eigenvalue weighted by Crippen LogP contribution is 2.19. The minimum Gasteiger partial charge on any atom is -0.484 e. The fourth-order valence-electron chi connectivity index (χ4n) is 4.14. The van der Waals surface area contributed by atoms with Gasteiger partial charge in [0.1, 0.15) is 11.8 Å². The van der Waals surface area contributed by atoms with E-state index in [1.807, 2.05) is 108 Å². The third kappa shape index (κ3) is 8.26. The van der Waals surface area contributed by atoms with E-state index in [2.05, 4.69) is 11.4 Å². The Balaban J connectivity index is 1.93. The summed E-state index contributed by atoms with van der Waals surface area (Å²) >= 11 is 0. The summed E-state index contributed by atoms with van der Waals surface area (Å²) in [4.78, 5) is 28.9. The average Bonchev–Trinajstić information content (AvgIpc) is 2.80. The van der Waals surface area contributed by atoms with Crippen molar-refractivity contribution >= 4 is 11.8 Å². The summed E-state index contributed by atoms with van der Waals surface area (Å²) in [6.07, 6.45) is 0.407. The van der Waals surface area contributed by atoms with E-state index in [4.69, 9.17) is 4.74 Å². The van der Waals surface area contributed by atoms with Crippen LogP contribution in [0, 0.1) is 20.8 Å². The highest BCUT2D eigenvalue weighted by Gasteiger charge is 2.32. The van der Waals surface area contributed by atoms with Crippen LogP contribution in [-0.2, 0) is 22.6 Å². The summed E-state index contributed by atoms with van der Waals surface area (Å²) < 4.78 is 5.93. The van der Waals surface area contributed by atoms with Gasteiger partial charge in [0.25, 0.3) is 5.91 Å². The van der Waals surface area contributed by atoms with Crippen LogP contribution in [0.1, 0.15) is 48.6 Å². The second kappa shape index (κ2) is 11.9. The number of carbonyl (C=O) groups excluding carboxylic acids is 2. The van der Waals surface area contributed by atoms with Crippen LogP contribution >= 0.6 is 0 Å². The number of carbonyl (C=O) groups is 2. The van der Waals surface area contributed by atoms with Crippen molar-refractivity contribution in [1.29, 1.82) is 0 Å². The normalized spacial score (nSPS) is 12.1. The summed E-state index contributed by atoms with van der Waals surface area (Å²) in [5, 5.41) is 3.08. The maximum Gasteiger partial charge on any atom is 0.261 e. The van der Waals surface area contributed by atoms with E-state index in [1.54, 1.807) is 4.90 Å². The lowest BCUT2D eigenvalue weighted by atomic mass is 10.0. The maximum atomic E-state index is 13.7. The van der Waals surface area contributed by atoms with E-state index >= 15 is 0 Å². The SMILES string of the molecule is Cc1ccc(CN(C(=O)COc2cc(C)cc(C)c2)[C@@H](Cc2ccccc2)C(=O)NC(C)(C)C)cc1. The number of rotatable bonds is 9. The van der Waals surface area contributed by atoms with Gasteiger partial charge < -0.3 is 15.0 Å². The Morgan fingerprint density at radius 3 is 2.03 bits per heavy atom. The third-order valence-electron chi connectivity index (χ3n) is 5.80. The highest BCUT2D eigenvalue weighted by atomic mass is 16.5. The highest BCUT2D eigenvalue weighted by molar-refractivity contribution is 5.89. The zero-order chi connectivity index (χ0) is 26.3. The molecule has 0 saturated heterocycles. The monoisotopic (exact) mass is 486 g/mol. The first-order valence-electron chi connectivity index (χ1n) is 12.4. The van der Waals surface area contributed by atoms with Gasteiger partial charge in [-0.25, -0.2) is 0 Å². The number of hydrogen-bond acceptors (Lipinski definition) is 3. The molecule has 3 rings (SSSR count). The summed E-state index contributed by atoms with van der Waals surface area (Å²) in [6.45, 7) is 12.0. The Kier molecular flexibility index (Phi) is 8.92. The molecule has 2 amide bonds. The van der Waals surface area contributed by atoms with E-state index in [9.17, 15) is 9.59 Å². The third-order valence-corrected chi connectivity index (χ3v) is 5.80. The number of benzene rings is 3. The lowest BCUT2D eigenvalue weighted by molar-refractivity contribution is -0.143. The number of ether oxygens (including phenoxy) is 1. The average molecular weight is 487 g/mol. The number of hydrogen-bond donors (Lipinski definition) is 1. The maximum absolute atomic E-state index is 13.7. The van der Waals surface area contributed by atoms with Gasteiger partial charge in [-0.2, -0.15) is 0 Å². The molecule has 0 unspecified atom stereocenters. The van der Waals surface area contributed by atoms with Crippen molar-refractivity contribution in [3.8, 4) is 5.75 Å². The van der Waals surface area contributed by atoms with E-state index < -0.39 is 11.6 Å². The molecule has 36 heavy (non-hydrogen) atoms. The van der Waals surface area contributed by atoms with Crippen molar-refractivity contribution in [3.05, 3.63) is 101 Å². The van der Waals surface area contributed by atoms with Crippen LogP contribution in [0.3, 0.4) is 0 Å². The number of amides is 2. The molecule has 0 aliphatic heterocycles. The summed E-state index contributed by atoms with van der Waals surface area (Å²) in [5.41, 5.74) is 4.80. The molecule has 5 heteroatoms. The summed E-state index contributed by atoms with van der Waals surface area (Å²) in [6, 6.07) is 23.0. The van der Waals surface area contributed by atoms with Crippen LogP contribution in [0.2, 0.25) is 0 Å². The van der Waals surface area contributed by atoms with Gasteiger partial charge in [-0.05, 0) is 75.9 Å². The van der Waals surface area contributed by atoms with Crippen molar-refractivity contribution < 1.29 is 14.3 Å². The van der Waals surface area contributed by atoms with Crippen LogP contribution in [0.5, 0.6) is 5.75 Å². The quantitative estimate of drug-likeness (QED) is 0.432. The van der Waals surface area contributed by atoms with Gasteiger partial charge >= 0.3 is 0 Å². The predicted molar refractivity (Wildman–Crippen MR) is 145 cm³/mol. The van der Waals surface area contributed by atoms with Crippen molar-refractivity contribution in [1.82, 2.24) is 10.2 Å². The van der Waals surface area contributed by atoms with Crippen molar-refractivity contribution in [2.45, 2.75) is 66.1 Å². The Hall–Kier alpha value is -3.60. The lowest BCUT2D eigenvalue weighted by Crippen LogP contribution is -2.55. The Morgan fingerprint density at radius 2 is 1.44 bits per heavy atom. The van der Waals surface area contributed by atoms with Gasteiger partial charge in [-0.3, -0.25) is 9.59 Å². The fraction of sp³-hybridized carbons (Fsp3) is 0.355. The van der Waals surface area contributed by atoms with Gasteiger partial charge in [0.05, 0.1) is 0 Å². The van der Waals surface area contributed by atoms with E-state index in [0.29, 0.717) is 18.7 Å². The van der Waals surface area contributed by atoms with Gasteiger partial charge in [0.15, 0.2) is 6.61 Å². The topological polar surface area (TPSA) is 58.6 Å². The molecule has 0 radical (unpaired) electrons. The zero-order valence-electron chi connectivity index (χ0n) is 22.3. The summed E-state index contributed by atoms with van der Waals surface area (Å²) in [7, 11) is 0. The molecule has 0 spiro atoms. The second-order valence-electron chi connectivity index (χ2n) is 10.6. The standard InChI is InChI=1S/C31H38N2O3/c1-22-12-14-26(15-13-22)20-33(29(34)21-36-27-17-23(2)16-24(3)18-27)28(30(35)32-31(4,5)6)19-25-10-8-7-9-11-25/h7-18,28H,19-21H2,1-6H3,(H,32,35)/t28-/m0/s1. The molecular formula is C31H38N2O3. The largest absolute Gasteiger partial charge is 0.484 e. The molecule has 5 nitrogen and oxygen atoms in total. The molecule has 0 bridgehead atoms. The zero-order valence-corrected chi connectivity index (χ0v) is 22.3. The molecule has 0 saturated carbocycles. The Morgan fingerprint density at radius 1 is 0.833 bits per heavy atom. The smallest absolute Gasteiger partial charge is 0.261 e. The molecule has 3 aromatic carbocycles. The number of nitrogens with one attached hydrogen (secondary N) is 1. The van der Waals surface area contributed by atoms with E-state index in [1.165, 1.54) is 0 Å². The molecule has 190 valence electrons. The second-order valence-corrected chi connectivity index (χ2v) is 10.6. The lowest BCUT2D eigenvalue weighted by Gasteiger charge is -2.33. The first-order valence-corrected chi connectivity index (χ1v) is 12.4. The summed E-state index contributed by atoms with van der Waals surface area (Å²) in [5.74, 6) is 0.229. The van der Waals surface area contributed by atoms with Crippen LogP contribution in [0.4, 0.5) is 0 Å². The molecular weight excluding hydrogens is 448 g/mol. The molecule has 0 aliphatic rings. The van der Waals surface area contributed by atoms with E-state index in [0.717, 1.165) is 27.8 Å². The minimum absolute atomic E-state index is 0.150. The number of aryl methyl sites for hydroxylation is 3. The molecule has 1 N–H and O–H groups in total. The van der Waals surface area contributed by atoms with Gasteiger partial charge in [0.2, 0.25) is 5.91 Å². The predicted octanol–water partition coefficient (Wildman–Crippen LogP) is 5.55. The molecule has 0 aliphatic carbocycles. The molecule has 0 fully saturated rings. The molecule has 1 atom stereocenters. The van der Waals surface area contributed by atoms with Crippen molar-refractivity contribution in [3.63, 3.8) is 0 Å². The van der Waals surface area contributed by atoms with Gasteiger partial charge in [0, 0.05) is 18.5 Å². The van der Waals surface area contributed by atoms with Gasteiger partial charge in [-0.1, -0.05) is 66.2 Å². The van der Waals surface area contributed by atoms with E-state index in [-0.39, 0.29) is 18.4 Å². The molecule has 3 aromatic rings. The van der Waals surface area contributed by atoms with Gasteiger partial charge in [-0.15, -0.1) is 0 Å². The molecule has 0 heterocycles. The Labute approximate surface area is 215 Å².